The summed E-state index contributed by atoms with van der Waals surface area (Å²) < 4.78 is 31.4. The Kier molecular flexibility index (Phi) is 5.38. The molecular formula is C21H19NaO5S. The topological polar surface area (TPSA) is 83.8 Å². The minimum atomic E-state index is -3.98. The number of aromatic hydroxyl groups is 2. The van der Waals surface area contributed by atoms with E-state index in [4.69, 9.17) is 4.18 Å². The predicted molar refractivity (Wildman–Crippen MR) is 107 cm³/mol. The van der Waals surface area contributed by atoms with Gasteiger partial charge in [-0.2, -0.15) is 8.42 Å². The Morgan fingerprint density at radius 3 is 1.82 bits per heavy atom. The maximum absolute atomic E-state index is 12.8. The molecule has 28 heavy (non-hydrogen) atoms. The summed E-state index contributed by atoms with van der Waals surface area (Å²) in [4.78, 5) is 0.112. The van der Waals surface area contributed by atoms with Crippen LogP contribution in [0.25, 0.3) is 0 Å². The molecule has 0 aliphatic carbocycles. The van der Waals surface area contributed by atoms with Gasteiger partial charge in [0.25, 0.3) is 10.1 Å². The van der Waals surface area contributed by atoms with Crippen molar-refractivity contribution in [1.82, 2.24) is 0 Å². The van der Waals surface area contributed by atoms with Gasteiger partial charge in [-0.1, -0.05) is 30.3 Å². The average Bonchev–Trinajstić information content (AvgIpc) is 2.89. The summed E-state index contributed by atoms with van der Waals surface area (Å²) in [6, 6.07) is 16.5. The van der Waals surface area contributed by atoms with Crippen molar-refractivity contribution in [3.05, 3.63) is 88.5 Å². The third kappa shape index (κ3) is 3.06. The van der Waals surface area contributed by atoms with E-state index < -0.39 is 15.7 Å². The summed E-state index contributed by atoms with van der Waals surface area (Å²) >= 11 is 0. The molecule has 2 N–H and O–H groups in total. The van der Waals surface area contributed by atoms with Gasteiger partial charge < -0.3 is 10.2 Å². The monoisotopic (exact) mass is 406 g/mol. The fourth-order valence-electron chi connectivity index (χ4n) is 3.55. The van der Waals surface area contributed by atoms with Crippen molar-refractivity contribution in [2.75, 3.05) is 0 Å². The zero-order valence-corrected chi connectivity index (χ0v) is 15.6. The Labute approximate surface area is 186 Å². The Morgan fingerprint density at radius 2 is 1.32 bits per heavy atom. The SMILES string of the molecule is Cc1cc(C2(c3ccc(O)c(C)c3)OS(=O)(=O)c3ccccc32)ccc1O.[NaH]. The van der Waals surface area contributed by atoms with Gasteiger partial charge in [0.05, 0.1) is 0 Å². The number of benzene rings is 3. The van der Waals surface area contributed by atoms with Gasteiger partial charge in [0.1, 0.15) is 16.4 Å². The van der Waals surface area contributed by atoms with Crippen LogP contribution in [-0.2, 0) is 19.9 Å². The van der Waals surface area contributed by atoms with Gasteiger partial charge in [0.15, 0.2) is 5.60 Å². The Morgan fingerprint density at radius 1 is 0.821 bits per heavy atom. The molecule has 0 saturated heterocycles. The van der Waals surface area contributed by atoms with Crippen LogP contribution < -0.4 is 0 Å². The van der Waals surface area contributed by atoms with Crippen LogP contribution in [0.3, 0.4) is 0 Å². The summed E-state index contributed by atoms with van der Waals surface area (Å²) in [5, 5.41) is 19.9. The van der Waals surface area contributed by atoms with Crippen LogP contribution in [0.2, 0.25) is 0 Å². The van der Waals surface area contributed by atoms with Gasteiger partial charge in [-0.3, -0.25) is 0 Å². The molecule has 1 heterocycles. The molecule has 0 fully saturated rings. The van der Waals surface area contributed by atoms with Gasteiger partial charge in [-0.25, -0.2) is 4.18 Å². The van der Waals surface area contributed by atoms with E-state index in [1.807, 2.05) is 0 Å². The predicted octanol–water partition coefficient (Wildman–Crippen LogP) is 3.08. The Bertz CT molecular complexity index is 1120. The van der Waals surface area contributed by atoms with Crippen LogP contribution >= 0.6 is 0 Å². The average molecular weight is 406 g/mol. The zero-order valence-electron chi connectivity index (χ0n) is 14.8. The maximum atomic E-state index is 12.8. The molecule has 7 heteroatoms. The molecule has 0 radical (unpaired) electrons. The van der Waals surface area contributed by atoms with E-state index in [0.717, 1.165) is 0 Å². The fraction of sp³-hybridized carbons (Fsp3) is 0.143. The molecule has 0 saturated carbocycles. The van der Waals surface area contributed by atoms with Gasteiger partial charge in [0.2, 0.25) is 0 Å². The molecule has 4 rings (SSSR count). The van der Waals surface area contributed by atoms with Crippen molar-refractivity contribution in [1.29, 1.82) is 0 Å². The van der Waals surface area contributed by atoms with Crippen molar-refractivity contribution in [3.63, 3.8) is 0 Å². The summed E-state index contributed by atoms with van der Waals surface area (Å²) in [6.45, 7) is 3.48. The van der Waals surface area contributed by atoms with Crippen LogP contribution in [0.5, 0.6) is 11.5 Å². The summed E-state index contributed by atoms with van der Waals surface area (Å²) in [7, 11) is -3.98. The number of phenols is 2. The molecule has 0 bridgehead atoms. The third-order valence-electron chi connectivity index (χ3n) is 4.98. The molecule has 3 aromatic carbocycles. The second kappa shape index (κ2) is 7.21. The Hall–Kier alpha value is -1.83. The summed E-state index contributed by atoms with van der Waals surface area (Å²) in [5.41, 5.74) is 1.47. The van der Waals surface area contributed by atoms with Crippen molar-refractivity contribution < 1.29 is 22.8 Å². The van der Waals surface area contributed by atoms with Crippen molar-refractivity contribution in [2.24, 2.45) is 0 Å². The van der Waals surface area contributed by atoms with Crippen LogP contribution in [0.1, 0.15) is 27.8 Å². The number of aryl methyl sites for hydroxylation is 2. The van der Waals surface area contributed by atoms with Crippen LogP contribution in [-0.4, -0.2) is 48.2 Å². The molecule has 3 aromatic rings. The number of phenolic OH excluding ortho intramolecular Hbond substituents is 2. The molecule has 5 nitrogen and oxygen atoms in total. The first-order valence-corrected chi connectivity index (χ1v) is 9.82. The first kappa shape index (κ1) is 20.9. The standard InChI is InChI=1S/C21H18O5S.Na.H/c1-13-11-15(7-9-18(13)22)21(16-8-10-19(23)14(2)12-16)17-5-3-4-6-20(17)27(24,25)26-21;;/h3-12,22-23H,1-2H3;;. The molecule has 0 aromatic heterocycles. The number of rotatable bonds is 2. The molecule has 140 valence electrons. The molecule has 0 atom stereocenters. The molecule has 0 unspecified atom stereocenters. The molecular weight excluding hydrogens is 387 g/mol. The van der Waals surface area contributed by atoms with E-state index in [-0.39, 0.29) is 46.0 Å². The fourth-order valence-corrected chi connectivity index (χ4v) is 4.98. The van der Waals surface area contributed by atoms with E-state index in [2.05, 4.69) is 0 Å². The second-order valence-electron chi connectivity index (χ2n) is 6.72. The van der Waals surface area contributed by atoms with E-state index in [9.17, 15) is 18.6 Å². The summed E-state index contributed by atoms with van der Waals surface area (Å²) in [6.07, 6.45) is 0. The molecule has 1 aliphatic heterocycles. The van der Waals surface area contributed by atoms with Crippen molar-refractivity contribution >= 4 is 39.7 Å². The van der Waals surface area contributed by atoms with Gasteiger partial charge in [0, 0.05) is 5.56 Å². The Balaban J connectivity index is 0.00000225. The minimum absolute atomic E-state index is 0. The van der Waals surface area contributed by atoms with Crippen molar-refractivity contribution in [2.45, 2.75) is 24.3 Å². The number of fused-ring (bicyclic) bond motifs is 1. The quantitative estimate of drug-likeness (QED) is 0.505. The number of hydrogen-bond acceptors (Lipinski definition) is 5. The molecule has 1 aliphatic rings. The normalized spacial score (nSPS) is 16.2. The van der Waals surface area contributed by atoms with E-state index in [1.165, 1.54) is 18.2 Å². The van der Waals surface area contributed by atoms with E-state index >= 15 is 0 Å². The van der Waals surface area contributed by atoms with Crippen LogP contribution in [0.4, 0.5) is 0 Å². The molecule has 0 spiro atoms. The van der Waals surface area contributed by atoms with Gasteiger partial charge in [-0.15, -0.1) is 0 Å². The summed E-state index contributed by atoms with van der Waals surface area (Å²) in [5.74, 6) is 0.231. The first-order valence-electron chi connectivity index (χ1n) is 8.41. The van der Waals surface area contributed by atoms with Gasteiger partial charge >= 0.3 is 29.6 Å². The van der Waals surface area contributed by atoms with Gasteiger partial charge in [-0.05, 0) is 66.4 Å². The van der Waals surface area contributed by atoms with E-state index in [1.54, 1.807) is 56.3 Å². The number of hydrogen-bond donors (Lipinski definition) is 2. The first-order chi connectivity index (χ1) is 12.8. The second-order valence-corrected chi connectivity index (χ2v) is 8.23. The third-order valence-corrected chi connectivity index (χ3v) is 6.34. The van der Waals surface area contributed by atoms with E-state index in [0.29, 0.717) is 27.8 Å². The molecule has 0 amide bonds. The van der Waals surface area contributed by atoms with Crippen LogP contribution in [0, 0.1) is 13.8 Å². The van der Waals surface area contributed by atoms with Crippen LogP contribution in [0.15, 0.2) is 65.6 Å². The van der Waals surface area contributed by atoms with Crippen molar-refractivity contribution in [3.8, 4) is 11.5 Å². The zero-order chi connectivity index (χ0) is 19.4.